The molecule has 1 N–H and O–H groups in total. The van der Waals surface area contributed by atoms with Crippen molar-refractivity contribution in [3.8, 4) is 0 Å². The zero-order chi connectivity index (χ0) is 12.1. The molecule has 1 aliphatic heterocycles. The van der Waals surface area contributed by atoms with Gasteiger partial charge in [-0.3, -0.25) is 0 Å². The molecule has 0 aromatic carbocycles. The molecule has 0 bridgehead atoms. The van der Waals surface area contributed by atoms with Crippen LogP contribution in [0.2, 0.25) is 0 Å². The van der Waals surface area contributed by atoms with Crippen molar-refractivity contribution in [2.24, 2.45) is 0 Å². The molecule has 1 heterocycles. The van der Waals surface area contributed by atoms with Crippen molar-refractivity contribution in [2.75, 3.05) is 7.11 Å². The molecule has 3 heteroatoms. The van der Waals surface area contributed by atoms with Crippen molar-refractivity contribution in [3.63, 3.8) is 0 Å². The van der Waals surface area contributed by atoms with Crippen LogP contribution in [0.25, 0.3) is 0 Å². The standard InChI is InChI=1S/C13H23O3/c1-5-9(2)10(3)8-11-6-7-12(14)13(15-4)16-11/h11-14H,2,5-8H2,1,3-4H3/q-1. The third-order valence-electron chi connectivity index (χ3n) is 3.22. The zero-order valence-electron chi connectivity index (χ0n) is 10.5. The minimum Gasteiger partial charge on any atom is -0.388 e. The Hall–Kier alpha value is -0.510. The Kier molecular flexibility index (Phi) is 5.32. The van der Waals surface area contributed by atoms with Crippen LogP contribution in [-0.4, -0.2) is 30.7 Å². The molecule has 0 aromatic rings. The summed E-state index contributed by atoms with van der Waals surface area (Å²) in [7, 11) is 1.57. The van der Waals surface area contributed by atoms with Gasteiger partial charge in [-0.05, 0) is 12.8 Å². The van der Waals surface area contributed by atoms with Crippen molar-refractivity contribution in [1.29, 1.82) is 0 Å². The van der Waals surface area contributed by atoms with E-state index < -0.39 is 12.4 Å². The van der Waals surface area contributed by atoms with Crippen LogP contribution < -0.4 is 0 Å². The number of allylic oxidation sites excluding steroid dienone is 1. The van der Waals surface area contributed by atoms with E-state index in [-0.39, 0.29) is 6.10 Å². The normalized spacial score (nSPS) is 30.1. The average Bonchev–Trinajstić information content (AvgIpc) is 2.30. The quantitative estimate of drug-likeness (QED) is 0.733. The summed E-state index contributed by atoms with van der Waals surface area (Å²) in [6.07, 6.45) is 2.69. The fourth-order valence-electron chi connectivity index (χ4n) is 1.99. The molecule has 0 amide bonds. The van der Waals surface area contributed by atoms with Crippen molar-refractivity contribution in [3.05, 3.63) is 18.1 Å². The van der Waals surface area contributed by atoms with Gasteiger partial charge in [0.1, 0.15) is 6.10 Å². The van der Waals surface area contributed by atoms with E-state index in [1.165, 1.54) is 11.5 Å². The van der Waals surface area contributed by atoms with E-state index in [1.807, 2.05) is 0 Å². The van der Waals surface area contributed by atoms with Gasteiger partial charge < -0.3 is 14.6 Å². The summed E-state index contributed by atoms with van der Waals surface area (Å²) in [5.41, 5.74) is 1.18. The first kappa shape index (κ1) is 13.6. The fraction of sp³-hybridized carbons (Fsp3) is 0.769. The molecule has 3 atom stereocenters. The smallest absolute Gasteiger partial charge is 0.183 e. The van der Waals surface area contributed by atoms with E-state index in [0.717, 1.165) is 25.7 Å². The second kappa shape index (κ2) is 6.28. The van der Waals surface area contributed by atoms with Crippen molar-refractivity contribution >= 4 is 0 Å². The van der Waals surface area contributed by atoms with Gasteiger partial charge in [0.25, 0.3) is 0 Å². The Labute approximate surface area is 98.4 Å². The highest BCUT2D eigenvalue weighted by Crippen LogP contribution is 2.28. The molecule has 0 radical (unpaired) electrons. The van der Waals surface area contributed by atoms with Crippen LogP contribution in [0.15, 0.2) is 12.2 Å². The minimum absolute atomic E-state index is 0.150. The number of ether oxygens (including phenoxy) is 2. The van der Waals surface area contributed by atoms with E-state index >= 15 is 0 Å². The molecule has 3 unspecified atom stereocenters. The van der Waals surface area contributed by atoms with Crippen LogP contribution in [0.3, 0.4) is 0 Å². The number of methoxy groups -OCH3 is 1. The maximum atomic E-state index is 9.60. The lowest BCUT2D eigenvalue weighted by atomic mass is 9.91. The van der Waals surface area contributed by atoms with E-state index in [1.54, 1.807) is 7.11 Å². The number of hydrogen-bond acceptors (Lipinski definition) is 3. The molecular weight excluding hydrogens is 204 g/mol. The summed E-state index contributed by atoms with van der Waals surface area (Å²) in [4.78, 5) is 0. The van der Waals surface area contributed by atoms with E-state index in [2.05, 4.69) is 20.4 Å². The summed E-state index contributed by atoms with van der Waals surface area (Å²) in [6, 6.07) is 0. The molecule has 0 aliphatic carbocycles. The Bertz CT molecular complexity index is 227. The average molecular weight is 227 g/mol. The summed E-state index contributed by atoms with van der Waals surface area (Å²) in [5.74, 6) is 1.29. The molecule has 1 saturated heterocycles. The molecule has 3 nitrogen and oxygen atoms in total. The summed E-state index contributed by atoms with van der Waals surface area (Å²) in [6.45, 7) is 8.23. The highest BCUT2D eigenvalue weighted by Gasteiger charge is 2.29. The van der Waals surface area contributed by atoms with E-state index in [9.17, 15) is 5.11 Å². The van der Waals surface area contributed by atoms with Crippen LogP contribution in [0.4, 0.5) is 0 Å². The SMILES string of the molecule is C=C(CC)[C-](C)CC1CCC(O)C(OC)O1. The largest absolute Gasteiger partial charge is 0.388 e. The van der Waals surface area contributed by atoms with Gasteiger partial charge in [0.2, 0.25) is 0 Å². The van der Waals surface area contributed by atoms with Crippen LogP contribution in [-0.2, 0) is 9.47 Å². The summed E-state index contributed by atoms with van der Waals surface area (Å²) < 4.78 is 10.8. The van der Waals surface area contributed by atoms with Gasteiger partial charge in [0.05, 0.1) is 0 Å². The van der Waals surface area contributed by atoms with Crippen molar-refractivity contribution < 1.29 is 14.6 Å². The first-order valence-electron chi connectivity index (χ1n) is 5.95. The van der Waals surface area contributed by atoms with Gasteiger partial charge in [-0.15, -0.1) is 6.92 Å². The summed E-state index contributed by atoms with van der Waals surface area (Å²) >= 11 is 0. The predicted molar refractivity (Wildman–Crippen MR) is 63.9 cm³/mol. The Morgan fingerprint density at radius 2 is 2.25 bits per heavy atom. The molecular formula is C13H23O3-. The molecule has 0 spiro atoms. The molecule has 1 rings (SSSR count). The lowest BCUT2D eigenvalue weighted by molar-refractivity contribution is -0.228. The summed E-state index contributed by atoms with van der Waals surface area (Å²) in [5, 5.41) is 9.60. The van der Waals surface area contributed by atoms with Crippen LogP contribution in [0.5, 0.6) is 0 Å². The molecule has 0 aromatic heterocycles. The number of aliphatic hydroxyl groups is 1. The van der Waals surface area contributed by atoms with Crippen LogP contribution in [0, 0.1) is 5.92 Å². The molecule has 1 aliphatic rings. The lowest BCUT2D eigenvalue weighted by Crippen LogP contribution is -2.40. The zero-order valence-corrected chi connectivity index (χ0v) is 10.5. The molecule has 94 valence electrons. The molecule has 1 fully saturated rings. The number of rotatable bonds is 5. The second-order valence-electron chi connectivity index (χ2n) is 4.45. The predicted octanol–water partition coefficient (Wildman–Crippen LogP) is 2.45. The van der Waals surface area contributed by atoms with E-state index in [4.69, 9.17) is 9.47 Å². The third kappa shape index (κ3) is 3.51. The van der Waals surface area contributed by atoms with Crippen molar-refractivity contribution in [1.82, 2.24) is 0 Å². The van der Waals surface area contributed by atoms with Crippen molar-refractivity contribution in [2.45, 2.75) is 58.0 Å². The van der Waals surface area contributed by atoms with Crippen LogP contribution in [0.1, 0.15) is 39.5 Å². The highest BCUT2D eigenvalue weighted by atomic mass is 16.7. The van der Waals surface area contributed by atoms with Gasteiger partial charge in [-0.2, -0.15) is 0 Å². The van der Waals surface area contributed by atoms with E-state index in [0.29, 0.717) is 0 Å². The monoisotopic (exact) mass is 227 g/mol. The maximum absolute atomic E-state index is 9.60. The lowest BCUT2D eigenvalue weighted by Gasteiger charge is -2.36. The van der Waals surface area contributed by atoms with Gasteiger partial charge in [-0.25, -0.2) is 18.1 Å². The van der Waals surface area contributed by atoms with Crippen LogP contribution >= 0.6 is 0 Å². The number of aliphatic hydroxyl groups excluding tert-OH is 1. The first-order valence-corrected chi connectivity index (χ1v) is 5.95. The third-order valence-corrected chi connectivity index (χ3v) is 3.22. The molecule has 16 heavy (non-hydrogen) atoms. The van der Waals surface area contributed by atoms with Gasteiger partial charge in [0, 0.05) is 13.2 Å². The Balaban J connectivity index is 2.41. The number of hydrogen-bond donors (Lipinski definition) is 1. The Morgan fingerprint density at radius 1 is 1.56 bits per heavy atom. The maximum Gasteiger partial charge on any atom is 0.183 e. The highest BCUT2D eigenvalue weighted by molar-refractivity contribution is 5.18. The first-order chi connectivity index (χ1) is 7.58. The van der Waals surface area contributed by atoms with Gasteiger partial charge in [-0.1, -0.05) is 19.8 Å². The fourth-order valence-corrected chi connectivity index (χ4v) is 1.99. The Morgan fingerprint density at radius 3 is 2.81 bits per heavy atom. The minimum atomic E-state index is -0.490. The van der Waals surface area contributed by atoms with Gasteiger partial charge in [0.15, 0.2) is 6.29 Å². The van der Waals surface area contributed by atoms with Gasteiger partial charge >= 0.3 is 0 Å². The second-order valence-corrected chi connectivity index (χ2v) is 4.45. The molecule has 0 saturated carbocycles. The topological polar surface area (TPSA) is 38.7 Å².